The monoisotopic (exact) mass is 426 g/mol. The molecule has 0 saturated carbocycles. The number of anilines is 1. The highest BCUT2D eigenvalue weighted by Crippen LogP contribution is 2.27. The van der Waals surface area contributed by atoms with Crippen LogP contribution in [-0.4, -0.2) is 30.8 Å². The van der Waals surface area contributed by atoms with Crippen LogP contribution in [0.15, 0.2) is 65.3 Å². The Balaban J connectivity index is 1.79. The van der Waals surface area contributed by atoms with E-state index in [9.17, 15) is 0 Å². The number of methoxy groups -OCH3 is 2. The number of thiocarbonyl (C=S) groups is 1. The van der Waals surface area contributed by atoms with Crippen molar-refractivity contribution in [1.29, 1.82) is 0 Å². The molecule has 0 aliphatic heterocycles. The first-order valence-corrected chi connectivity index (χ1v) is 10.1. The molecule has 1 aromatic heterocycles. The maximum Gasteiger partial charge on any atom is 0.174 e. The number of rotatable bonds is 9. The van der Waals surface area contributed by atoms with E-state index in [1.165, 1.54) is 0 Å². The van der Waals surface area contributed by atoms with E-state index in [1.54, 1.807) is 20.5 Å². The molecule has 3 aromatic rings. The van der Waals surface area contributed by atoms with Crippen molar-refractivity contribution in [3.8, 4) is 17.2 Å². The van der Waals surface area contributed by atoms with Crippen molar-refractivity contribution in [2.45, 2.75) is 20.0 Å². The van der Waals surface area contributed by atoms with Crippen LogP contribution in [0, 0.1) is 0 Å². The fourth-order valence-electron chi connectivity index (χ4n) is 2.98. The van der Waals surface area contributed by atoms with Crippen LogP contribution in [0.2, 0.25) is 0 Å². The summed E-state index contributed by atoms with van der Waals surface area (Å²) in [6, 6.07) is 17.3. The second kappa shape index (κ2) is 10.5. The molecule has 7 heteroatoms. The van der Waals surface area contributed by atoms with Crippen LogP contribution < -0.4 is 19.5 Å². The molecule has 0 unspecified atom stereocenters. The lowest BCUT2D eigenvalue weighted by atomic mass is 10.1. The van der Waals surface area contributed by atoms with Gasteiger partial charge < -0.3 is 28.8 Å². The van der Waals surface area contributed by atoms with Gasteiger partial charge in [-0.05, 0) is 67.7 Å². The Kier molecular flexibility index (Phi) is 7.57. The van der Waals surface area contributed by atoms with Crippen molar-refractivity contribution in [3.63, 3.8) is 0 Å². The fourth-order valence-corrected chi connectivity index (χ4v) is 3.23. The zero-order chi connectivity index (χ0) is 21.3. The third-order valence-electron chi connectivity index (χ3n) is 4.49. The Morgan fingerprint density at radius 2 is 1.77 bits per heavy atom. The Hall–Kier alpha value is -3.19. The quantitative estimate of drug-likeness (QED) is 0.478. The fraction of sp³-hybridized carbons (Fsp3) is 0.261. The molecule has 1 N–H and O–H groups in total. The first-order chi connectivity index (χ1) is 14.6. The maximum absolute atomic E-state index is 5.72. The molecular weight excluding hydrogens is 400 g/mol. The summed E-state index contributed by atoms with van der Waals surface area (Å²) < 4.78 is 21.9. The smallest absolute Gasteiger partial charge is 0.174 e. The zero-order valence-corrected chi connectivity index (χ0v) is 18.2. The normalized spacial score (nSPS) is 10.4. The van der Waals surface area contributed by atoms with E-state index >= 15 is 0 Å². The number of hydrogen-bond donors (Lipinski definition) is 1. The van der Waals surface area contributed by atoms with E-state index in [1.807, 2.05) is 66.4 Å². The molecule has 0 bridgehead atoms. The molecular formula is C23H26N2O4S. The molecule has 0 aliphatic rings. The molecule has 1 heterocycles. The van der Waals surface area contributed by atoms with Crippen molar-refractivity contribution in [1.82, 2.24) is 4.90 Å². The third-order valence-corrected chi connectivity index (χ3v) is 4.85. The summed E-state index contributed by atoms with van der Waals surface area (Å²) >= 11 is 5.72. The number of benzene rings is 2. The molecule has 0 aliphatic carbocycles. The highest BCUT2D eigenvalue weighted by Gasteiger charge is 2.16. The molecule has 2 aromatic carbocycles. The van der Waals surface area contributed by atoms with Gasteiger partial charge in [0.1, 0.15) is 23.0 Å². The lowest BCUT2D eigenvalue weighted by Crippen LogP contribution is -2.33. The molecule has 0 radical (unpaired) electrons. The first-order valence-electron chi connectivity index (χ1n) is 9.65. The maximum atomic E-state index is 5.72. The highest BCUT2D eigenvalue weighted by atomic mass is 32.1. The van der Waals surface area contributed by atoms with Crippen LogP contribution in [-0.2, 0) is 13.1 Å². The predicted molar refractivity (Wildman–Crippen MR) is 121 cm³/mol. The van der Waals surface area contributed by atoms with E-state index in [0.29, 0.717) is 24.8 Å². The number of ether oxygens (including phenoxy) is 3. The standard InChI is InChI=1S/C23H26N2O4S/c1-4-28-19-11-8-18(9-12-19)24-23(30)25(16-21-6-5-13-29-21)15-17-7-10-20(26-2)14-22(17)27-3/h5-14H,4,15-16H2,1-3H3,(H,24,30). The Bertz CT molecular complexity index is 942. The average Bonchev–Trinajstić information content (AvgIpc) is 3.28. The molecule has 0 atom stereocenters. The van der Waals surface area contributed by atoms with Crippen LogP contribution in [0.3, 0.4) is 0 Å². The van der Waals surface area contributed by atoms with Gasteiger partial charge in [0.05, 0.1) is 33.6 Å². The van der Waals surface area contributed by atoms with Gasteiger partial charge in [-0.3, -0.25) is 0 Å². The minimum absolute atomic E-state index is 0.519. The lowest BCUT2D eigenvalue weighted by Gasteiger charge is -2.26. The van der Waals surface area contributed by atoms with Crippen molar-refractivity contribution < 1.29 is 18.6 Å². The second-order valence-corrected chi connectivity index (χ2v) is 6.89. The van der Waals surface area contributed by atoms with E-state index in [-0.39, 0.29) is 0 Å². The second-order valence-electron chi connectivity index (χ2n) is 6.50. The van der Waals surface area contributed by atoms with Crippen molar-refractivity contribution in [3.05, 3.63) is 72.2 Å². The van der Waals surface area contributed by atoms with E-state index < -0.39 is 0 Å². The van der Waals surface area contributed by atoms with Gasteiger partial charge in [-0.2, -0.15) is 0 Å². The van der Waals surface area contributed by atoms with Gasteiger partial charge in [0, 0.05) is 23.9 Å². The summed E-state index contributed by atoms with van der Waals surface area (Å²) in [5, 5.41) is 3.88. The summed E-state index contributed by atoms with van der Waals surface area (Å²) in [6.07, 6.45) is 1.66. The summed E-state index contributed by atoms with van der Waals surface area (Å²) in [7, 11) is 3.28. The highest BCUT2D eigenvalue weighted by molar-refractivity contribution is 7.80. The molecule has 0 amide bonds. The molecule has 30 heavy (non-hydrogen) atoms. The molecule has 158 valence electrons. The average molecular weight is 427 g/mol. The molecule has 6 nitrogen and oxygen atoms in total. The van der Waals surface area contributed by atoms with Gasteiger partial charge >= 0.3 is 0 Å². The minimum atomic E-state index is 0.519. The first kappa shape index (κ1) is 21.5. The Morgan fingerprint density at radius 1 is 1.00 bits per heavy atom. The number of nitrogens with one attached hydrogen (secondary N) is 1. The Labute approximate surface area is 182 Å². The van der Waals surface area contributed by atoms with Crippen LogP contribution in [0.4, 0.5) is 5.69 Å². The van der Waals surface area contributed by atoms with Gasteiger partial charge in [-0.1, -0.05) is 0 Å². The van der Waals surface area contributed by atoms with Crippen molar-refractivity contribution >= 4 is 23.0 Å². The molecule has 0 fully saturated rings. The lowest BCUT2D eigenvalue weighted by molar-refractivity contribution is 0.340. The predicted octanol–water partition coefficient (Wildman–Crippen LogP) is 5.09. The molecule has 0 saturated heterocycles. The Morgan fingerprint density at radius 3 is 2.40 bits per heavy atom. The van der Waals surface area contributed by atoms with Gasteiger partial charge in [-0.15, -0.1) is 0 Å². The summed E-state index contributed by atoms with van der Waals surface area (Å²) in [4.78, 5) is 2.02. The molecule has 3 rings (SSSR count). The zero-order valence-electron chi connectivity index (χ0n) is 17.4. The largest absolute Gasteiger partial charge is 0.497 e. The number of hydrogen-bond acceptors (Lipinski definition) is 5. The van der Waals surface area contributed by atoms with Crippen molar-refractivity contribution in [2.75, 3.05) is 26.1 Å². The van der Waals surface area contributed by atoms with Crippen LogP contribution >= 0.6 is 12.2 Å². The SMILES string of the molecule is CCOc1ccc(NC(=S)N(Cc2ccco2)Cc2ccc(OC)cc2OC)cc1. The number of nitrogens with zero attached hydrogens (tertiary/aromatic N) is 1. The summed E-state index contributed by atoms with van der Waals surface area (Å²) in [6.45, 7) is 3.65. The topological polar surface area (TPSA) is 56.1 Å². The van der Waals surface area contributed by atoms with Crippen LogP contribution in [0.25, 0.3) is 0 Å². The van der Waals surface area contributed by atoms with Gasteiger partial charge in [-0.25, -0.2) is 0 Å². The van der Waals surface area contributed by atoms with Gasteiger partial charge in [0.2, 0.25) is 0 Å². The summed E-state index contributed by atoms with van der Waals surface area (Å²) in [5.41, 5.74) is 1.87. The van der Waals surface area contributed by atoms with Crippen LogP contribution in [0.1, 0.15) is 18.2 Å². The van der Waals surface area contributed by atoms with Gasteiger partial charge in [0.15, 0.2) is 5.11 Å². The molecule has 0 spiro atoms. The van der Waals surface area contributed by atoms with E-state index in [0.717, 1.165) is 34.3 Å². The van der Waals surface area contributed by atoms with E-state index in [4.69, 9.17) is 30.8 Å². The van der Waals surface area contributed by atoms with E-state index in [2.05, 4.69) is 5.32 Å². The number of furan rings is 1. The summed E-state index contributed by atoms with van der Waals surface area (Å²) in [5.74, 6) is 3.12. The van der Waals surface area contributed by atoms with Gasteiger partial charge in [0.25, 0.3) is 0 Å². The van der Waals surface area contributed by atoms with Crippen LogP contribution in [0.5, 0.6) is 17.2 Å². The van der Waals surface area contributed by atoms with Crippen molar-refractivity contribution in [2.24, 2.45) is 0 Å². The third kappa shape index (κ3) is 5.67. The minimum Gasteiger partial charge on any atom is -0.497 e.